The van der Waals surface area contributed by atoms with Crippen LogP contribution in [0.15, 0.2) is 85.1 Å². The summed E-state index contributed by atoms with van der Waals surface area (Å²) in [7, 11) is 0. The first kappa shape index (κ1) is 23.9. The van der Waals surface area contributed by atoms with Gasteiger partial charge >= 0.3 is 0 Å². The van der Waals surface area contributed by atoms with E-state index < -0.39 is 0 Å². The second-order valence-electron chi connectivity index (χ2n) is 8.86. The van der Waals surface area contributed by atoms with Crippen molar-refractivity contribution in [3.63, 3.8) is 0 Å². The van der Waals surface area contributed by atoms with Crippen LogP contribution in [-0.2, 0) is 11.3 Å². The average Bonchev–Trinajstić information content (AvgIpc) is 2.93. The van der Waals surface area contributed by atoms with Gasteiger partial charge in [-0.1, -0.05) is 42.5 Å². The monoisotopic (exact) mass is 484 g/mol. The molecule has 0 radical (unpaired) electrons. The number of morpholine rings is 1. The van der Waals surface area contributed by atoms with E-state index in [4.69, 9.17) is 4.74 Å². The van der Waals surface area contributed by atoms with Crippen LogP contribution in [-0.4, -0.2) is 55.2 Å². The lowest BCUT2D eigenvalue weighted by Gasteiger charge is -2.27. The summed E-state index contributed by atoms with van der Waals surface area (Å²) >= 11 is 0. The summed E-state index contributed by atoms with van der Waals surface area (Å²) in [5.74, 6) is 0.272. The number of nitrogens with zero attached hydrogens (tertiary/aromatic N) is 3. The van der Waals surface area contributed by atoms with Crippen LogP contribution in [0.1, 0.15) is 15.9 Å². The predicted octanol–water partition coefficient (Wildman–Crippen LogP) is 4.97. The van der Waals surface area contributed by atoms with Crippen LogP contribution in [0.2, 0.25) is 0 Å². The normalized spacial score (nSPS) is 14.0. The van der Waals surface area contributed by atoms with Crippen LogP contribution >= 0.6 is 0 Å². The van der Waals surface area contributed by atoms with Crippen LogP contribution in [0.4, 0.5) is 15.9 Å². The number of ether oxygens (including phenoxy) is 1. The Labute approximate surface area is 210 Å². The Morgan fingerprint density at radius 3 is 2.56 bits per heavy atom. The lowest BCUT2D eigenvalue weighted by atomic mass is 10.1. The number of hydrogen-bond donors (Lipinski definition) is 1. The Kier molecular flexibility index (Phi) is 7.50. The number of benzene rings is 3. The van der Waals surface area contributed by atoms with E-state index in [0.29, 0.717) is 17.9 Å². The third kappa shape index (κ3) is 5.87. The van der Waals surface area contributed by atoms with Crippen LogP contribution in [0.5, 0.6) is 0 Å². The first-order valence-electron chi connectivity index (χ1n) is 12.2. The molecule has 36 heavy (non-hydrogen) atoms. The standard InChI is InChI=1S/C29H29FN4O2/c30-26-9-5-22(6-10-26)21-34(29(35)25-8-7-23-3-1-2-4-24(23)19-25)27-11-12-31-28(20-27)32-13-14-33-15-17-36-18-16-33/h1-12,19-20H,13-18,21H2,(H,31,32). The minimum absolute atomic E-state index is 0.129. The van der Waals surface area contributed by atoms with Gasteiger partial charge in [0.25, 0.3) is 5.91 Å². The summed E-state index contributed by atoms with van der Waals surface area (Å²) in [5.41, 5.74) is 2.15. The fraction of sp³-hybridized carbons (Fsp3) is 0.241. The van der Waals surface area contributed by atoms with Crippen molar-refractivity contribution in [3.8, 4) is 0 Å². The largest absolute Gasteiger partial charge is 0.379 e. The second-order valence-corrected chi connectivity index (χ2v) is 8.86. The van der Waals surface area contributed by atoms with Crippen molar-refractivity contribution in [2.45, 2.75) is 6.54 Å². The summed E-state index contributed by atoms with van der Waals surface area (Å²) in [6.45, 7) is 5.34. The van der Waals surface area contributed by atoms with Crippen LogP contribution in [0, 0.1) is 5.82 Å². The van der Waals surface area contributed by atoms with Crippen LogP contribution in [0.3, 0.4) is 0 Å². The minimum Gasteiger partial charge on any atom is -0.379 e. The Balaban J connectivity index is 1.39. The molecular weight excluding hydrogens is 455 g/mol. The van der Waals surface area contributed by atoms with Gasteiger partial charge in [0.05, 0.1) is 19.8 Å². The number of fused-ring (bicyclic) bond motifs is 1. The molecule has 1 amide bonds. The second kappa shape index (κ2) is 11.3. The Bertz CT molecular complexity index is 1320. The first-order valence-corrected chi connectivity index (χ1v) is 12.2. The summed E-state index contributed by atoms with van der Waals surface area (Å²) < 4.78 is 18.9. The molecule has 1 fully saturated rings. The number of aromatic nitrogens is 1. The van der Waals surface area contributed by atoms with Gasteiger partial charge < -0.3 is 15.0 Å². The molecule has 1 N–H and O–H groups in total. The lowest BCUT2D eigenvalue weighted by Crippen LogP contribution is -2.39. The maximum Gasteiger partial charge on any atom is 0.258 e. The van der Waals surface area contributed by atoms with Gasteiger partial charge in [0, 0.05) is 49.7 Å². The van der Waals surface area contributed by atoms with E-state index >= 15 is 0 Å². The molecule has 3 aromatic carbocycles. The van der Waals surface area contributed by atoms with Crippen LogP contribution < -0.4 is 10.2 Å². The Morgan fingerprint density at radius 2 is 1.75 bits per heavy atom. The van der Waals surface area contributed by atoms with Crippen molar-refractivity contribution in [1.82, 2.24) is 9.88 Å². The van der Waals surface area contributed by atoms with Gasteiger partial charge in [-0.2, -0.15) is 0 Å². The zero-order valence-corrected chi connectivity index (χ0v) is 20.1. The number of hydrogen-bond acceptors (Lipinski definition) is 5. The molecule has 0 spiro atoms. The molecule has 184 valence electrons. The van der Waals surface area contributed by atoms with Crippen LogP contribution in [0.25, 0.3) is 10.8 Å². The van der Waals surface area contributed by atoms with Crippen molar-refractivity contribution in [2.75, 3.05) is 49.6 Å². The highest BCUT2D eigenvalue weighted by molar-refractivity contribution is 6.08. The molecule has 6 nitrogen and oxygen atoms in total. The molecule has 0 saturated carbocycles. The molecule has 5 rings (SSSR count). The maximum atomic E-state index is 13.8. The number of amides is 1. The molecule has 1 aliphatic rings. The van der Waals surface area contributed by atoms with Gasteiger partial charge in [-0.3, -0.25) is 9.69 Å². The fourth-order valence-electron chi connectivity index (χ4n) is 4.38. The number of halogens is 1. The highest BCUT2D eigenvalue weighted by Crippen LogP contribution is 2.24. The number of pyridine rings is 1. The zero-order chi connectivity index (χ0) is 24.7. The average molecular weight is 485 g/mol. The molecule has 1 saturated heterocycles. The molecule has 1 aromatic heterocycles. The maximum absolute atomic E-state index is 13.8. The molecule has 0 atom stereocenters. The quantitative estimate of drug-likeness (QED) is 0.383. The number of anilines is 2. The number of carbonyl (C=O) groups is 1. The van der Waals surface area contributed by atoms with Crippen molar-refractivity contribution in [1.29, 1.82) is 0 Å². The van der Waals surface area contributed by atoms with Crippen molar-refractivity contribution in [3.05, 3.63) is 102 Å². The van der Waals surface area contributed by atoms with Gasteiger partial charge in [-0.25, -0.2) is 9.37 Å². The van der Waals surface area contributed by atoms with E-state index in [0.717, 1.165) is 61.4 Å². The van der Waals surface area contributed by atoms with Crippen molar-refractivity contribution >= 4 is 28.2 Å². The molecular formula is C29H29FN4O2. The van der Waals surface area contributed by atoms with Crippen molar-refractivity contribution < 1.29 is 13.9 Å². The van der Waals surface area contributed by atoms with E-state index in [1.807, 2.05) is 54.6 Å². The summed E-state index contributed by atoms with van der Waals surface area (Å²) in [6, 6.07) is 23.7. The first-order chi connectivity index (χ1) is 17.7. The van der Waals surface area contributed by atoms with Gasteiger partial charge in [0.1, 0.15) is 11.6 Å². The molecule has 0 bridgehead atoms. The highest BCUT2D eigenvalue weighted by atomic mass is 19.1. The van der Waals surface area contributed by atoms with Gasteiger partial charge in [-0.15, -0.1) is 0 Å². The number of nitrogens with one attached hydrogen (secondary N) is 1. The van der Waals surface area contributed by atoms with Gasteiger partial charge in [-0.05, 0) is 46.7 Å². The third-order valence-electron chi connectivity index (χ3n) is 6.39. The minimum atomic E-state index is -0.304. The SMILES string of the molecule is O=C(c1ccc2ccccc2c1)N(Cc1ccc(F)cc1)c1ccnc(NCCN2CCOCC2)c1. The Morgan fingerprint density at radius 1 is 0.972 bits per heavy atom. The van der Waals surface area contributed by atoms with E-state index in [9.17, 15) is 9.18 Å². The van der Waals surface area contributed by atoms with Gasteiger partial charge in [0.15, 0.2) is 0 Å². The van der Waals surface area contributed by atoms with E-state index in [1.165, 1.54) is 12.1 Å². The van der Waals surface area contributed by atoms with E-state index in [2.05, 4.69) is 15.2 Å². The molecule has 4 aromatic rings. The topological polar surface area (TPSA) is 57.7 Å². The fourth-order valence-corrected chi connectivity index (χ4v) is 4.38. The molecule has 2 heterocycles. The van der Waals surface area contributed by atoms with E-state index in [-0.39, 0.29) is 11.7 Å². The molecule has 0 unspecified atom stereocenters. The van der Waals surface area contributed by atoms with E-state index in [1.54, 1.807) is 23.2 Å². The Hall–Kier alpha value is -3.81. The number of rotatable bonds is 8. The molecule has 1 aliphatic heterocycles. The summed E-state index contributed by atoms with van der Waals surface area (Å²) in [6.07, 6.45) is 1.71. The zero-order valence-electron chi connectivity index (χ0n) is 20.1. The molecule has 7 heteroatoms. The van der Waals surface area contributed by atoms with Crippen molar-refractivity contribution in [2.24, 2.45) is 0 Å². The van der Waals surface area contributed by atoms with Gasteiger partial charge in [0.2, 0.25) is 0 Å². The summed E-state index contributed by atoms with van der Waals surface area (Å²) in [4.78, 5) is 22.3. The third-order valence-corrected chi connectivity index (χ3v) is 6.39. The smallest absolute Gasteiger partial charge is 0.258 e. The lowest BCUT2D eigenvalue weighted by molar-refractivity contribution is 0.0398. The molecule has 0 aliphatic carbocycles. The summed E-state index contributed by atoms with van der Waals surface area (Å²) in [5, 5.41) is 5.46. The highest BCUT2D eigenvalue weighted by Gasteiger charge is 2.20. The number of carbonyl (C=O) groups excluding carboxylic acids is 1. The predicted molar refractivity (Wildman–Crippen MR) is 141 cm³/mol.